The van der Waals surface area contributed by atoms with Gasteiger partial charge in [-0.2, -0.15) is 5.26 Å². The topological polar surface area (TPSA) is 44.1 Å². The van der Waals surface area contributed by atoms with E-state index in [-0.39, 0.29) is 12.3 Å². The molecule has 3 nitrogen and oxygen atoms in total. The van der Waals surface area contributed by atoms with Gasteiger partial charge in [0.05, 0.1) is 12.5 Å². The molecule has 1 aromatic rings. The maximum absolute atomic E-state index is 13.1. The molecule has 0 aliphatic carbocycles. The number of amides is 1. The molecule has 18 heavy (non-hydrogen) atoms. The molecule has 0 saturated carbocycles. The highest BCUT2D eigenvalue weighted by molar-refractivity contribution is 5.94. The monoisotopic (exact) mass is 248 g/mol. The molecule has 1 aromatic carbocycles. The van der Waals surface area contributed by atoms with E-state index in [0.717, 1.165) is 0 Å². The van der Waals surface area contributed by atoms with Gasteiger partial charge in [0.25, 0.3) is 5.91 Å². The van der Waals surface area contributed by atoms with Gasteiger partial charge in [-0.25, -0.2) is 4.39 Å². The summed E-state index contributed by atoms with van der Waals surface area (Å²) >= 11 is 0. The molecule has 0 radical (unpaired) electrons. The summed E-state index contributed by atoms with van der Waals surface area (Å²) in [6.07, 6.45) is 0.285. The molecular formula is C14H17FN2O. The number of benzene rings is 1. The minimum atomic E-state index is -0.425. The van der Waals surface area contributed by atoms with E-state index in [0.29, 0.717) is 24.6 Å². The molecule has 1 amide bonds. The highest BCUT2D eigenvalue weighted by atomic mass is 19.1. The van der Waals surface area contributed by atoms with Crippen LogP contribution in [-0.2, 0) is 0 Å². The number of nitriles is 1. The molecule has 0 saturated heterocycles. The lowest BCUT2D eigenvalue weighted by atomic mass is 10.1. The van der Waals surface area contributed by atoms with Crippen molar-refractivity contribution in [2.75, 3.05) is 13.1 Å². The number of halogens is 1. The average molecular weight is 248 g/mol. The van der Waals surface area contributed by atoms with Gasteiger partial charge in [0, 0.05) is 18.7 Å². The quantitative estimate of drug-likeness (QED) is 0.804. The lowest BCUT2D eigenvalue weighted by molar-refractivity contribution is 0.0739. The zero-order valence-corrected chi connectivity index (χ0v) is 10.7. The summed E-state index contributed by atoms with van der Waals surface area (Å²) in [6.45, 7) is 4.94. The predicted octanol–water partition coefficient (Wildman–Crippen LogP) is 2.84. The molecule has 0 unspecified atom stereocenters. The van der Waals surface area contributed by atoms with E-state index >= 15 is 0 Å². The molecule has 4 heteroatoms. The normalized spacial score (nSPS) is 10.2. The van der Waals surface area contributed by atoms with Crippen LogP contribution in [-0.4, -0.2) is 23.9 Å². The minimum Gasteiger partial charge on any atom is -0.337 e. The van der Waals surface area contributed by atoms with Crippen LogP contribution >= 0.6 is 0 Å². The van der Waals surface area contributed by atoms with E-state index in [9.17, 15) is 9.18 Å². The number of rotatable bonds is 5. The van der Waals surface area contributed by atoms with Crippen LogP contribution in [0.25, 0.3) is 0 Å². The fourth-order valence-electron chi connectivity index (χ4n) is 1.71. The maximum Gasteiger partial charge on any atom is 0.253 e. The molecular weight excluding hydrogens is 231 g/mol. The number of carbonyl (C=O) groups excluding carboxylic acids is 1. The Bertz CT molecular complexity index is 451. The first-order chi connectivity index (χ1) is 8.54. The highest BCUT2D eigenvalue weighted by Gasteiger charge is 2.16. The van der Waals surface area contributed by atoms with Gasteiger partial charge in [0.2, 0.25) is 0 Å². The van der Waals surface area contributed by atoms with Crippen LogP contribution in [0.1, 0.15) is 30.6 Å². The Labute approximate surface area is 107 Å². The number of nitrogens with zero attached hydrogens (tertiary/aromatic N) is 2. The molecule has 0 bridgehead atoms. The molecule has 0 fully saturated rings. The first-order valence-corrected chi connectivity index (χ1v) is 5.96. The Morgan fingerprint density at radius 3 is 2.78 bits per heavy atom. The Hall–Kier alpha value is -1.89. The van der Waals surface area contributed by atoms with Crippen LogP contribution in [0.3, 0.4) is 0 Å². The fraction of sp³-hybridized carbons (Fsp3) is 0.429. The van der Waals surface area contributed by atoms with Gasteiger partial charge in [-0.05, 0) is 24.1 Å². The van der Waals surface area contributed by atoms with Crippen molar-refractivity contribution < 1.29 is 9.18 Å². The molecule has 0 aliphatic rings. The van der Waals surface area contributed by atoms with Crippen LogP contribution < -0.4 is 0 Å². The van der Waals surface area contributed by atoms with Gasteiger partial charge in [-0.15, -0.1) is 0 Å². The number of carbonyl (C=O) groups is 1. The van der Waals surface area contributed by atoms with Crippen molar-refractivity contribution in [2.24, 2.45) is 5.92 Å². The van der Waals surface area contributed by atoms with E-state index < -0.39 is 5.82 Å². The summed E-state index contributed by atoms with van der Waals surface area (Å²) in [4.78, 5) is 13.8. The van der Waals surface area contributed by atoms with Crippen molar-refractivity contribution in [2.45, 2.75) is 20.3 Å². The standard InChI is InChI=1S/C14H17FN2O/c1-11(2)10-17(8-4-7-16)14(18)12-5-3-6-13(15)9-12/h3,5-6,9,11H,4,8,10H2,1-2H3. The fourth-order valence-corrected chi connectivity index (χ4v) is 1.71. The largest absolute Gasteiger partial charge is 0.337 e. The first-order valence-electron chi connectivity index (χ1n) is 5.96. The van der Waals surface area contributed by atoms with Gasteiger partial charge in [0.1, 0.15) is 5.82 Å². The van der Waals surface area contributed by atoms with Crippen LogP contribution in [0.15, 0.2) is 24.3 Å². The molecule has 0 atom stereocenters. The summed E-state index contributed by atoms with van der Waals surface area (Å²) in [7, 11) is 0. The molecule has 96 valence electrons. The van der Waals surface area contributed by atoms with Crippen molar-refractivity contribution in [3.05, 3.63) is 35.6 Å². The summed E-state index contributed by atoms with van der Waals surface area (Å²) in [5.74, 6) is -0.342. The van der Waals surface area contributed by atoms with Gasteiger partial charge in [-0.3, -0.25) is 4.79 Å². The van der Waals surface area contributed by atoms with Crippen molar-refractivity contribution in [3.8, 4) is 6.07 Å². The molecule has 0 spiro atoms. The third-order valence-electron chi connectivity index (χ3n) is 2.44. The van der Waals surface area contributed by atoms with Gasteiger partial charge >= 0.3 is 0 Å². The lowest BCUT2D eigenvalue weighted by Crippen LogP contribution is -2.35. The molecule has 1 rings (SSSR count). The smallest absolute Gasteiger partial charge is 0.253 e. The Balaban J connectivity index is 2.84. The van der Waals surface area contributed by atoms with Crippen molar-refractivity contribution >= 4 is 5.91 Å². The van der Waals surface area contributed by atoms with Gasteiger partial charge in [-0.1, -0.05) is 19.9 Å². The molecule has 0 heterocycles. The third-order valence-corrected chi connectivity index (χ3v) is 2.44. The molecule has 0 N–H and O–H groups in total. The molecule has 0 aromatic heterocycles. The summed E-state index contributed by atoms with van der Waals surface area (Å²) in [5, 5.41) is 8.60. The zero-order chi connectivity index (χ0) is 13.5. The van der Waals surface area contributed by atoms with E-state index in [1.54, 1.807) is 11.0 Å². The van der Waals surface area contributed by atoms with Gasteiger partial charge < -0.3 is 4.90 Å². The van der Waals surface area contributed by atoms with E-state index in [1.807, 2.05) is 19.9 Å². The second-order valence-electron chi connectivity index (χ2n) is 4.56. The Morgan fingerprint density at radius 2 is 2.22 bits per heavy atom. The Morgan fingerprint density at radius 1 is 1.50 bits per heavy atom. The van der Waals surface area contributed by atoms with Crippen LogP contribution in [0, 0.1) is 23.1 Å². The van der Waals surface area contributed by atoms with Crippen LogP contribution in [0.4, 0.5) is 4.39 Å². The second kappa shape index (κ2) is 6.75. The van der Waals surface area contributed by atoms with Crippen LogP contribution in [0.5, 0.6) is 0 Å². The summed E-state index contributed by atoms with van der Waals surface area (Å²) < 4.78 is 13.1. The van der Waals surface area contributed by atoms with Gasteiger partial charge in [0.15, 0.2) is 0 Å². The highest BCUT2D eigenvalue weighted by Crippen LogP contribution is 2.10. The van der Waals surface area contributed by atoms with Crippen LogP contribution in [0.2, 0.25) is 0 Å². The van der Waals surface area contributed by atoms with Crippen molar-refractivity contribution in [1.82, 2.24) is 4.90 Å². The summed E-state index contributed by atoms with van der Waals surface area (Å²) in [5.41, 5.74) is 0.327. The third kappa shape index (κ3) is 4.17. The van der Waals surface area contributed by atoms with E-state index in [2.05, 4.69) is 0 Å². The predicted molar refractivity (Wildman–Crippen MR) is 67.4 cm³/mol. The Kier molecular flexibility index (Phi) is 5.31. The SMILES string of the molecule is CC(C)CN(CCC#N)C(=O)c1cccc(F)c1. The second-order valence-corrected chi connectivity index (χ2v) is 4.56. The molecule has 0 aliphatic heterocycles. The lowest BCUT2D eigenvalue weighted by Gasteiger charge is -2.23. The summed E-state index contributed by atoms with van der Waals surface area (Å²) in [6, 6.07) is 7.65. The first kappa shape index (κ1) is 14.2. The average Bonchev–Trinajstić information content (AvgIpc) is 2.33. The zero-order valence-electron chi connectivity index (χ0n) is 10.7. The van der Waals surface area contributed by atoms with Crippen molar-refractivity contribution in [1.29, 1.82) is 5.26 Å². The minimum absolute atomic E-state index is 0.224. The number of hydrogen-bond acceptors (Lipinski definition) is 2. The van der Waals surface area contributed by atoms with Crippen molar-refractivity contribution in [3.63, 3.8) is 0 Å². The number of hydrogen-bond donors (Lipinski definition) is 0. The van der Waals surface area contributed by atoms with E-state index in [4.69, 9.17) is 5.26 Å². The maximum atomic E-state index is 13.1. The van der Waals surface area contributed by atoms with E-state index in [1.165, 1.54) is 18.2 Å².